The molecule has 0 unspecified atom stereocenters. The van der Waals surface area contributed by atoms with Crippen molar-refractivity contribution in [3.8, 4) is 0 Å². The van der Waals surface area contributed by atoms with Gasteiger partial charge in [0.15, 0.2) is 0 Å². The first kappa shape index (κ1) is 12.5. The predicted octanol–water partition coefficient (Wildman–Crippen LogP) is 1.57. The molecule has 16 heavy (non-hydrogen) atoms. The fourth-order valence-electron chi connectivity index (χ4n) is 1.36. The van der Waals surface area contributed by atoms with Crippen LogP contribution in [0.1, 0.15) is 0 Å². The van der Waals surface area contributed by atoms with Crippen LogP contribution in [0.3, 0.4) is 0 Å². The smallest absolute Gasteiger partial charge is 0.251 e. The minimum atomic E-state index is -0.173. The van der Waals surface area contributed by atoms with Gasteiger partial charge in [-0.2, -0.15) is 0 Å². The van der Waals surface area contributed by atoms with Gasteiger partial charge in [0.25, 0.3) is 5.91 Å². The van der Waals surface area contributed by atoms with E-state index in [1.807, 2.05) is 49.3 Å². The zero-order valence-corrected chi connectivity index (χ0v) is 9.76. The molecule has 0 atom stereocenters. The lowest BCUT2D eigenvalue weighted by Crippen LogP contribution is -2.35. The van der Waals surface area contributed by atoms with E-state index < -0.39 is 0 Å². The summed E-state index contributed by atoms with van der Waals surface area (Å²) in [6.07, 6.45) is 1.10. The molecule has 1 aromatic rings. The van der Waals surface area contributed by atoms with Crippen LogP contribution in [0.4, 0.5) is 5.69 Å². The second-order valence-electron chi connectivity index (χ2n) is 3.80. The highest BCUT2D eigenvalue weighted by atomic mass is 16.2. The maximum absolute atomic E-state index is 11.7. The van der Waals surface area contributed by atoms with E-state index in [4.69, 9.17) is 6.58 Å². The summed E-state index contributed by atoms with van der Waals surface area (Å²) in [7, 11) is 3.94. The quantitative estimate of drug-likeness (QED) is 0.699. The van der Waals surface area contributed by atoms with Crippen LogP contribution in [0, 0.1) is 6.58 Å². The molecule has 0 aromatic heterocycles. The van der Waals surface area contributed by atoms with Crippen molar-refractivity contribution in [2.75, 3.05) is 32.1 Å². The summed E-state index contributed by atoms with van der Waals surface area (Å²) < 4.78 is 0. The van der Waals surface area contributed by atoms with E-state index in [1.165, 1.54) is 0 Å². The SMILES string of the molecule is [CH]=CC(=O)N(CCN(C)C)c1ccccc1. The Morgan fingerprint density at radius 1 is 1.25 bits per heavy atom. The molecule has 85 valence electrons. The van der Waals surface area contributed by atoms with E-state index in [2.05, 4.69) is 0 Å². The summed E-state index contributed by atoms with van der Waals surface area (Å²) in [5.74, 6) is -0.173. The van der Waals surface area contributed by atoms with Gasteiger partial charge in [0.2, 0.25) is 0 Å². The van der Waals surface area contributed by atoms with E-state index in [-0.39, 0.29) is 5.91 Å². The number of benzene rings is 1. The molecule has 0 heterocycles. The van der Waals surface area contributed by atoms with Crippen molar-refractivity contribution in [3.05, 3.63) is 43.0 Å². The summed E-state index contributed by atoms with van der Waals surface area (Å²) in [6.45, 7) is 6.72. The van der Waals surface area contributed by atoms with Crippen molar-refractivity contribution in [3.63, 3.8) is 0 Å². The van der Waals surface area contributed by atoms with Crippen molar-refractivity contribution >= 4 is 11.6 Å². The number of rotatable bonds is 5. The van der Waals surface area contributed by atoms with Crippen LogP contribution in [0.5, 0.6) is 0 Å². The molecule has 3 heteroatoms. The van der Waals surface area contributed by atoms with Crippen LogP contribution in [0.2, 0.25) is 0 Å². The standard InChI is InChI=1S/C13H17N2O/c1-4-13(16)15(11-10-14(2)3)12-8-6-5-7-9-12/h1,4-9H,10-11H2,2-3H3. The number of hydrogen-bond acceptors (Lipinski definition) is 2. The number of likely N-dealkylation sites (N-methyl/N-ethyl adjacent to an activating group) is 1. The molecule has 1 rings (SSSR count). The van der Waals surface area contributed by atoms with Crippen LogP contribution in [0.25, 0.3) is 0 Å². The summed E-state index contributed by atoms with van der Waals surface area (Å²) in [6, 6.07) is 9.53. The summed E-state index contributed by atoms with van der Waals surface area (Å²) in [4.78, 5) is 15.3. The first-order valence-electron chi connectivity index (χ1n) is 5.21. The van der Waals surface area contributed by atoms with Crippen LogP contribution in [-0.2, 0) is 4.79 Å². The molecule has 0 spiro atoms. The lowest BCUT2D eigenvalue weighted by Gasteiger charge is -2.23. The molecule has 1 aromatic carbocycles. The van der Waals surface area contributed by atoms with Crippen LogP contribution in [0.15, 0.2) is 36.4 Å². The second-order valence-corrected chi connectivity index (χ2v) is 3.80. The number of anilines is 1. The average molecular weight is 217 g/mol. The molecule has 0 fully saturated rings. The Balaban J connectivity index is 2.79. The first-order chi connectivity index (χ1) is 7.65. The van der Waals surface area contributed by atoms with Gasteiger partial charge in [-0.3, -0.25) is 4.79 Å². The molecule has 0 aliphatic heterocycles. The third-order valence-corrected chi connectivity index (χ3v) is 2.25. The Hall–Kier alpha value is -1.61. The topological polar surface area (TPSA) is 23.6 Å². The van der Waals surface area contributed by atoms with Crippen molar-refractivity contribution in [2.45, 2.75) is 0 Å². The number of carbonyl (C=O) groups is 1. The molecule has 0 saturated heterocycles. The third-order valence-electron chi connectivity index (χ3n) is 2.25. The van der Waals surface area contributed by atoms with E-state index in [0.29, 0.717) is 6.54 Å². The predicted molar refractivity (Wildman–Crippen MR) is 66.2 cm³/mol. The van der Waals surface area contributed by atoms with Gasteiger partial charge in [-0.1, -0.05) is 24.8 Å². The van der Waals surface area contributed by atoms with Crippen LogP contribution >= 0.6 is 0 Å². The molecule has 0 N–H and O–H groups in total. The second kappa shape index (κ2) is 6.08. The number of nitrogens with zero attached hydrogens (tertiary/aromatic N) is 2. The Morgan fingerprint density at radius 2 is 1.88 bits per heavy atom. The minimum Gasteiger partial charge on any atom is -0.308 e. The van der Waals surface area contributed by atoms with Crippen molar-refractivity contribution < 1.29 is 4.79 Å². The van der Waals surface area contributed by atoms with E-state index in [0.717, 1.165) is 18.3 Å². The highest BCUT2D eigenvalue weighted by Gasteiger charge is 2.11. The molecule has 0 bridgehead atoms. The largest absolute Gasteiger partial charge is 0.308 e. The van der Waals surface area contributed by atoms with Crippen LogP contribution in [-0.4, -0.2) is 38.0 Å². The van der Waals surface area contributed by atoms with Gasteiger partial charge < -0.3 is 9.80 Å². The molecule has 1 radical (unpaired) electrons. The van der Waals surface area contributed by atoms with Gasteiger partial charge in [-0.05, 0) is 26.2 Å². The molecular weight excluding hydrogens is 200 g/mol. The lowest BCUT2D eigenvalue weighted by atomic mass is 10.2. The Kier molecular flexibility index (Phi) is 4.73. The molecule has 3 nitrogen and oxygen atoms in total. The Morgan fingerprint density at radius 3 is 2.38 bits per heavy atom. The fourth-order valence-corrected chi connectivity index (χ4v) is 1.36. The van der Waals surface area contributed by atoms with Gasteiger partial charge in [0, 0.05) is 24.9 Å². The summed E-state index contributed by atoms with van der Waals surface area (Å²) >= 11 is 0. The Bertz CT molecular complexity index is 346. The Labute approximate surface area is 97.0 Å². The zero-order valence-electron chi connectivity index (χ0n) is 9.76. The van der Waals surface area contributed by atoms with Gasteiger partial charge in [0.05, 0.1) is 0 Å². The molecule has 1 amide bonds. The van der Waals surface area contributed by atoms with E-state index in [1.54, 1.807) is 4.90 Å². The zero-order chi connectivity index (χ0) is 12.0. The first-order valence-corrected chi connectivity index (χ1v) is 5.21. The monoisotopic (exact) mass is 217 g/mol. The van der Waals surface area contributed by atoms with Gasteiger partial charge in [-0.25, -0.2) is 0 Å². The van der Waals surface area contributed by atoms with E-state index >= 15 is 0 Å². The highest BCUT2D eigenvalue weighted by molar-refractivity contribution is 6.00. The maximum Gasteiger partial charge on any atom is 0.251 e. The summed E-state index contributed by atoms with van der Waals surface area (Å²) in [5, 5.41) is 0. The minimum absolute atomic E-state index is 0.173. The average Bonchev–Trinajstić information content (AvgIpc) is 2.30. The van der Waals surface area contributed by atoms with Gasteiger partial charge >= 0.3 is 0 Å². The summed E-state index contributed by atoms with van der Waals surface area (Å²) in [5.41, 5.74) is 0.871. The number of carbonyl (C=O) groups excluding carboxylic acids is 1. The third kappa shape index (κ3) is 3.51. The molecule has 0 aliphatic rings. The highest BCUT2D eigenvalue weighted by Crippen LogP contribution is 2.13. The molecular formula is C13H17N2O. The maximum atomic E-state index is 11.7. The van der Waals surface area contributed by atoms with Crippen molar-refractivity contribution in [2.24, 2.45) is 0 Å². The van der Waals surface area contributed by atoms with Crippen molar-refractivity contribution in [1.82, 2.24) is 4.90 Å². The number of amides is 1. The van der Waals surface area contributed by atoms with Gasteiger partial charge in [-0.15, -0.1) is 0 Å². The fraction of sp³-hybridized carbons (Fsp3) is 0.308. The van der Waals surface area contributed by atoms with Gasteiger partial charge in [0.1, 0.15) is 0 Å². The van der Waals surface area contributed by atoms with Crippen molar-refractivity contribution in [1.29, 1.82) is 0 Å². The number of para-hydroxylation sites is 1. The molecule has 0 aliphatic carbocycles. The lowest BCUT2D eigenvalue weighted by molar-refractivity contribution is -0.114. The molecule has 0 saturated carbocycles. The normalized spacial score (nSPS) is 10.2. The number of hydrogen-bond donors (Lipinski definition) is 0. The van der Waals surface area contributed by atoms with Crippen LogP contribution < -0.4 is 4.90 Å². The van der Waals surface area contributed by atoms with E-state index in [9.17, 15) is 4.79 Å².